The van der Waals surface area contributed by atoms with Gasteiger partial charge in [-0.3, -0.25) is 9.80 Å². The molecule has 1 saturated heterocycles. The van der Waals surface area contributed by atoms with Crippen LogP contribution in [0.3, 0.4) is 0 Å². The predicted molar refractivity (Wildman–Crippen MR) is 148 cm³/mol. The van der Waals surface area contributed by atoms with Crippen LogP contribution >= 0.6 is 15.9 Å². The van der Waals surface area contributed by atoms with Crippen molar-refractivity contribution in [3.63, 3.8) is 0 Å². The van der Waals surface area contributed by atoms with Crippen LogP contribution in [-0.4, -0.2) is 84.6 Å². The molecule has 184 valence electrons. The van der Waals surface area contributed by atoms with Gasteiger partial charge in [-0.05, 0) is 55.7 Å². The highest BCUT2D eigenvalue weighted by molar-refractivity contribution is 9.11. The molecule has 34 heavy (non-hydrogen) atoms. The average molecular weight is 528 g/mol. The number of aromatic nitrogens is 2. The van der Waals surface area contributed by atoms with E-state index >= 15 is 0 Å². The summed E-state index contributed by atoms with van der Waals surface area (Å²) in [6, 6.07) is 8.28. The Kier molecular flexibility index (Phi) is 10.7. The Balaban J connectivity index is 1.54. The summed E-state index contributed by atoms with van der Waals surface area (Å²) in [5.41, 5.74) is 2.15. The molecular weight excluding hydrogens is 488 g/mol. The van der Waals surface area contributed by atoms with Crippen molar-refractivity contribution in [2.45, 2.75) is 26.3 Å². The van der Waals surface area contributed by atoms with Gasteiger partial charge in [0.25, 0.3) is 0 Å². The van der Waals surface area contributed by atoms with Gasteiger partial charge in [0.2, 0.25) is 0 Å². The fourth-order valence-electron chi connectivity index (χ4n) is 3.98. The molecule has 1 aliphatic rings. The molecule has 2 aromatic rings. The maximum absolute atomic E-state index is 4.91. The highest BCUT2D eigenvalue weighted by Crippen LogP contribution is 2.21. The van der Waals surface area contributed by atoms with Crippen LogP contribution in [0.15, 0.2) is 59.1 Å². The Morgan fingerprint density at radius 3 is 2.62 bits per heavy atom. The lowest BCUT2D eigenvalue weighted by Crippen LogP contribution is -2.46. The van der Waals surface area contributed by atoms with E-state index in [1.54, 1.807) is 0 Å². The van der Waals surface area contributed by atoms with Crippen molar-refractivity contribution < 1.29 is 0 Å². The number of hydrogen-bond acceptors (Lipinski definition) is 6. The van der Waals surface area contributed by atoms with Gasteiger partial charge in [-0.25, -0.2) is 9.97 Å². The SMILES string of the molecule is C=C(/C=C\C=C(\Br)CC)CN1CCN(Cc2nc(NCCCN(C)C)c3ccccc3n2)CC1. The van der Waals surface area contributed by atoms with Gasteiger partial charge < -0.3 is 10.2 Å². The Labute approximate surface area is 213 Å². The van der Waals surface area contributed by atoms with Crippen LogP contribution in [0.1, 0.15) is 25.6 Å². The molecule has 6 nitrogen and oxygen atoms in total. The summed E-state index contributed by atoms with van der Waals surface area (Å²) in [6.45, 7) is 14.1. The summed E-state index contributed by atoms with van der Waals surface area (Å²) in [4.78, 5) is 16.9. The molecule has 0 unspecified atom stereocenters. The minimum atomic E-state index is 0.780. The Morgan fingerprint density at radius 1 is 1.15 bits per heavy atom. The van der Waals surface area contributed by atoms with Gasteiger partial charge in [-0.1, -0.05) is 59.8 Å². The zero-order valence-corrected chi connectivity index (χ0v) is 22.5. The second-order valence-corrected chi connectivity index (χ2v) is 10.1. The van der Waals surface area contributed by atoms with Crippen molar-refractivity contribution >= 4 is 32.7 Å². The number of anilines is 1. The quantitative estimate of drug-likeness (QED) is 0.313. The molecule has 1 aromatic carbocycles. The van der Waals surface area contributed by atoms with Gasteiger partial charge in [-0.15, -0.1) is 0 Å². The molecule has 0 aliphatic carbocycles. The molecule has 2 heterocycles. The Hall–Kier alpha value is -2.06. The van der Waals surface area contributed by atoms with E-state index in [0.29, 0.717) is 0 Å². The Bertz CT molecular complexity index is 992. The number of halogens is 1. The standard InChI is InChI=1S/C27H39BrN6/c1-5-23(28)11-8-10-22(2)20-33-16-18-34(19-17-33)21-26-30-25-13-7-6-12-24(25)27(31-26)29-14-9-15-32(3)4/h6-8,10-13H,2,5,9,14-21H2,1,3-4H3,(H,29,30,31)/b10-8-,23-11+. The summed E-state index contributed by atoms with van der Waals surface area (Å²) in [7, 11) is 4.21. The van der Waals surface area contributed by atoms with Gasteiger partial charge in [0, 0.05) is 44.7 Å². The fraction of sp³-hybridized carbons (Fsp3) is 0.481. The van der Waals surface area contributed by atoms with E-state index in [1.807, 2.05) is 6.07 Å². The number of fused-ring (bicyclic) bond motifs is 1. The maximum atomic E-state index is 4.91. The second kappa shape index (κ2) is 13.7. The van der Waals surface area contributed by atoms with Crippen molar-refractivity contribution in [3.05, 3.63) is 65.0 Å². The van der Waals surface area contributed by atoms with E-state index in [-0.39, 0.29) is 0 Å². The summed E-state index contributed by atoms with van der Waals surface area (Å²) >= 11 is 3.55. The van der Waals surface area contributed by atoms with Crippen LogP contribution in [0, 0.1) is 0 Å². The minimum absolute atomic E-state index is 0.780. The maximum Gasteiger partial charge on any atom is 0.145 e. The van der Waals surface area contributed by atoms with E-state index in [0.717, 1.165) is 93.3 Å². The third kappa shape index (κ3) is 8.62. The third-order valence-electron chi connectivity index (χ3n) is 5.93. The Morgan fingerprint density at radius 2 is 1.88 bits per heavy atom. The molecule has 0 atom stereocenters. The monoisotopic (exact) mass is 526 g/mol. The molecule has 0 radical (unpaired) electrons. The van der Waals surface area contributed by atoms with Crippen molar-refractivity contribution in [1.82, 2.24) is 24.7 Å². The molecule has 0 bridgehead atoms. The van der Waals surface area contributed by atoms with Crippen molar-refractivity contribution in [2.75, 3.05) is 65.2 Å². The van der Waals surface area contributed by atoms with Crippen LogP contribution < -0.4 is 5.32 Å². The topological polar surface area (TPSA) is 47.5 Å². The first-order valence-electron chi connectivity index (χ1n) is 12.2. The normalized spacial score (nSPS) is 16.1. The van der Waals surface area contributed by atoms with Crippen LogP contribution in [0.4, 0.5) is 5.82 Å². The molecule has 3 rings (SSSR count). The minimum Gasteiger partial charge on any atom is -0.369 e. The lowest BCUT2D eigenvalue weighted by atomic mass is 10.2. The third-order valence-corrected chi connectivity index (χ3v) is 6.75. The smallest absolute Gasteiger partial charge is 0.145 e. The van der Waals surface area contributed by atoms with E-state index in [9.17, 15) is 0 Å². The van der Waals surface area contributed by atoms with E-state index in [1.165, 1.54) is 4.48 Å². The fourth-order valence-corrected chi connectivity index (χ4v) is 4.14. The largest absolute Gasteiger partial charge is 0.369 e. The highest BCUT2D eigenvalue weighted by atomic mass is 79.9. The van der Waals surface area contributed by atoms with Crippen molar-refractivity contribution in [1.29, 1.82) is 0 Å². The van der Waals surface area contributed by atoms with E-state index in [4.69, 9.17) is 9.97 Å². The van der Waals surface area contributed by atoms with Gasteiger partial charge in [0.05, 0.1) is 12.1 Å². The van der Waals surface area contributed by atoms with Gasteiger partial charge >= 0.3 is 0 Å². The molecule has 1 aromatic heterocycles. The number of piperazine rings is 1. The van der Waals surface area contributed by atoms with Crippen LogP contribution in [0.25, 0.3) is 10.9 Å². The number of para-hydroxylation sites is 1. The van der Waals surface area contributed by atoms with Crippen LogP contribution in [-0.2, 0) is 6.54 Å². The average Bonchev–Trinajstić information content (AvgIpc) is 2.82. The molecule has 0 saturated carbocycles. The first-order valence-corrected chi connectivity index (χ1v) is 13.0. The molecule has 0 amide bonds. The molecule has 1 fully saturated rings. The second-order valence-electron chi connectivity index (χ2n) is 9.13. The highest BCUT2D eigenvalue weighted by Gasteiger charge is 2.18. The van der Waals surface area contributed by atoms with Gasteiger partial charge in [-0.2, -0.15) is 0 Å². The summed E-state index contributed by atoms with van der Waals surface area (Å²) in [5.74, 6) is 1.84. The number of hydrogen-bond donors (Lipinski definition) is 1. The molecule has 7 heteroatoms. The first kappa shape index (κ1) is 26.5. The number of rotatable bonds is 12. The lowest BCUT2D eigenvalue weighted by Gasteiger charge is -2.34. The number of allylic oxidation sites excluding steroid dienone is 3. The zero-order chi connectivity index (χ0) is 24.3. The van der Waals surface area contributed by atoms with E-state index in [2.05, 4.69) is 100.0 Å². The van der Waals surface area contributed by atoms with Gasteiger partial charge in [0.1, 0.15) is 11.6 Å². The molecular formula is C27H39BrN6. The number of nitrogens with one attached hydrogen (secondary N) is 1. The van der Waals surface area contributed by atoms with Crippen LogP contribution in [0.2, 0.25) is 0 Å². The number of nitrogens with zero attached hydrogens (tertiary/aromatic N) is 5. The van der Waals surface area contributed by atoms with Crippen LogP contribution in [0.5, 0.6) is 0 Å². The summed E-state index contributed by atoms with van der Waals surface area (Å²) in [5, 5.41) is 4.64. The first-order chi connectivity index (χ1) is 16.4. The summed E-state index contributed by atoms with van der Waals surface area (Å²) in [6.07, 6.45) is 8.37. The molecule has 1 aliphatic heterocycles. The number of benzene rings is 1. The molecule has 1 N–H and O–H groups in total. The predicted octanol–water partition coefficient (Wildman–Crippen LogP) is 4.91. The van der Waals surface area contributed by atoms with E-state index < -0.39 is 0 Å². The zero-order valence-electron chi connectivity index (χ0n) is 20.9. The van der Waals surface area contributed by atoms with Gasteiger partial charge in [0.15, 0.2) is 0 Å². The van der Waals surface area contributed by atoms with Crippen molar-refractivity contribution in [2.24, 2.45) is 0 Å². The lowest BCUT2D eigenvalue weighted by molar-refractivity contribution is 0.133. The summed E-state index contributed by atoms with van der Waals surface area (Å²) < 4.78 is 1.20. The van der Waals surface area contributed by atoms with Crippen molar-refractivity contribution in [3.8, 4) is 0 Å². The molecule has 0 spiro atoms.